The monoisotopic (exact) mass is 307 g/mol. The maximum Gasteiger partial charge on any atom is 0.307 e. The lowest BCUT2D eigenvalue weighted by atomic mass is 10.0. The second kappa shape index (κ2) is 6.53. The molecule has 0 fully saturated rings. The summed E-state index contributed by atoms with van der Waals surface area (Å²) in [5.41, 5.74) is -0.0736. The molecule has 0 heterocycles. The molecule has 0 unspecified atom stereocenters. The maximum absolute atomic E-state index is 12.0. The van der Waals surface area contributed by atoms with Gasteiger partial charge in [0.1, 0.15) is 5.76 Å². The molecule has 0 saturated carbocycles. The Labute approximate surface area is 125 Å². The van der Waals surface area contributed by atoms with Gasteiger partial charge in [-0.05, 0) is 12.5 Å². The van der Waals surface area contributed by atoms with E-state index >= 15 is 0 Å². The molecule has 21 heavy (non-hydrogen) atoms. The summed E-state index contributed by atoms with van der Waals surface area (Å²) in [5, 5.41) is 11.0. The number of benzene rings is 1. The summed E-state index contributed by atoms with van der Waals surface area (Å²) in [5.74, 6) is -0.345. The summed E-state index contributed by atoms with van der Waals surface area (Å²) < 4.78 is 5.08. The van der Waals surface area contributed by atoms with E-state index in [4.69, 9.17) is 4.74 Å². The minimum absolute atomic E-state index is 0.0736. The van der Waals surface area contributed by atoms with Crippen molar-refractivity contribution in [2.24, 2.45) is 0 Å². The highest BCUT2D eigenvalue weighted by Gasteiger charge is 2.26. The Balaban J connectivity index is 2.38. The van der Waals surface area contributed by atoms with E-state index in [0.717, 1.165) is 11.8 Å². The maximum atomic E-state index is 12.0. The SMILES string of the molecule is CC(=O)OC1=C(Sc2ccccc2[N+](=O)[O-])C(=O)CCC1. The van der Waals surface area contributed by atoms with Crippen LogP contribution in [0.4, 0.5) is 5.69 Å². The Morgan fingerprint density at radius 3 is 2.71 bits per heavy atom. The second-order valence-electron chi connectivity index (χ2n) is 4.45. The number of carbonyl (C=O) groups excluding carboxylic acids is 2. The first-order chi connectivity index (χ1) is 9.99. The highest BCUT2D eigenvalue weighted by Crippen LogP contribution is 2.39. The zero-order valence-electron chi connectivity index (χ0n) is 11.3. The summed E-state index contributed by atoms with van der Waals surface area (Å²) in [6.45, 7) is 1.26. The van der Waals surface area contributed by atoms with Crippen LogP contribution in [0.25, 0.3) is 0 Å². The van der Waals surface area contributed by atoms with Crippen molar-refractivity contribution in [3.8, 4) is 0 Å². The molecule has 0 saturated heterocycles. The Hall–Kier alpha value is -2.15. The van der Waals surface area contributed by atoms with E-state index in [1.807, 2.05) is 0 Å². The van der Waals surface area contributed by atoms with E-state index in [1.54, 1.807) is 18.2 Å². The lowest BCUT2D eigenvalue weighted by Gasteiger charge is -2.17. The molecule has 1 aliphatic carbocycles. The first kappa shape index (κ1) is 15.2. The molecule has 0 aliphatic heterocycles. The zero-order chi connectivity index (χ0) is 15.4. The smallest absolute Gasteiger partial charge is 0.307 e. The van der Waals surface area contributed by atoms with Crippen LogP contribution >= 0.6 is 11.8 Å². The van der Waals surface area contributed by atoms with Crippen molar-refractivity contribution in [3.05, 3.63) is 45.0 Å². The van der Waals surface area contributed by atoms with Gasteiger partial charge < -0.3 is 4.74 Å². The summed E-state index contributed by atoms with van der Waals surface area (Å²) >= 11 is 0.989. The largest absolute Gasteiger partial charge is 0.430 e. The van der Waals surface area contributed by atoms with Crippen molar-refractivity contribution in [2.75, 3.05) is 0 Å². The molecule has 1 aliphatic rings. The van der Waals surface area contributed by atoms with Gasteiger partial charge in [0.2, 0.25) is 0 Å². The van der Waals surface area contributed by atoms with Gasteiger partial charge in [0.15, 0.2) is 5.78 Å². The highest BCUT2D eigenvalue weighted by atomic mass is 32.2. The molecule has 0 aromatic heterocycles. The average molecular weight is 307 g/mol. The van der Waals surface area contributed by atoms with Crippen LogP contribution in [0.15, 0.2) is 39.8 Å². The van der Waals surface area contributed by atoms with Crippen LogP contribution in [0.2, 0.25) is 0 Å². The van der Waals surface area contributed by atoms with E-state index in [9.17, 15) is 19.7 Å². The van der Waals surface area contributed by atoms with Crippen LogP contribution in [0, 0.1) is 10.1 Å². The Morgan fingerprint density at radius 2 is 2.05 bits per heavy atom. The normalized spacial score (nSPS) is 15.0. The molecule has 0 amide bonds. The lowest BCUT2D eigenvalue weighted by Crippen LogP contribution is -2.13. The number of esters is 1. The van der Waals surface area contributed by atoms with Crippen molar-refractivity contribution in [3.63, 3.8) is 0 Å². The van der Waals surface area contributed by atoms with Crippen molar-refractivity contribution >= 4 is 29.2 Å². The quantitative estimate of drug-likeness (QED) is 0.482. The fourth-order valence-electron chi connectivity index (χ4n) is 1.98. The number of thioether (sulfide) groups is 1. The van der Waals surface area contributed by atoms with Gasteiger partial charge in [0, 0.05) is 25.8 Å². The van der Waals surface area contributed by atoms with Gasteiger partial charge in [-0.15, -0.1) is 0 Å². The van der Waals surface area contributed by atoms with E-state index < -0.39 is 10.9 Å². The van der Waals surface area contributed by atoms with E-state index in [1.165, 1.54) is 13.0 Å². The molecule has 1 aromatic carbocycles. The predicted molar refractivity (Wildman–Crippen MR) is 76.6 cm³/mol. The third-order valence-electron chi connectivity index (χ3n) is 2.86. The topological polar surface area (TPSA) is 86.5 Å². The third-order valence-corrected chi connectivity index (χ3v) is 4.08. The highest BCUT2D eigenvalue weighted by molar-refractivity contribution is 8.04. The Bertz CT molecular complexity index is 638. The molecular formula is C14H13NO5S. The Kier molecular flexibility index (Phi) is 4.74. The summed E-state index contributed by atoms with van der Waals surface area (Å²) in [7, 11) is 0. The van der Waals surface area contributed by atoms with Gasteiger partial charge in [-0.25, -0.2) is 0 Å². The molecule has 1 aromatic rings. The Morgan fingerprint density at radius 1 is 1.33 bits per heavy atom. The van der Waals surface area contributed by atoms with Gasteiger partial charge in [-0.2, -0.15) is 0 Å². The van der Waals surface area contributed by atoms with Crippen molar-refractivity contribution in [1.29, 1.82) is 0 Å². The number of nitro benzene ring substituents is 1. The first-order valence-corrected chi connectivity index (χ1v) is 7.16. The fourth-order valence-corrected chi connectivity index (χ4v) is 3.07. The molecule has 0 atom stereocenters. The van der Waals surface area contributed by atoms with Crippen LogP contribution in [-0.4, -0.2) is 16.7 Å². The number of hydrogen-bond donors (Lipinski definition) is 0. The molecule has 7 heteroatoms. The number of ether oxygens (including phenoxy) is 1. The van der Waals surface area contributed by atoms with Crippen LogP contribution in [0.5, 0.6) is 0 Å². The van der Waals surface area contributed by atoms with Crippen LogP contribution < -0.4 is 0 Å². The molecule has 0 radical (unpaired) electrons. The predicted octanol–water partition coefficient (Wildman–Crippen LogP) is 3.21. The molecule has 0 spiro atoms. The zero-order valence-corrected chi connectivity index (χ0v) is 12.1. The molecule has 6 nitrogen and oxygen atoms in total. The van der Waals surface area contributed by atoms with Gasteiger partial charge in [-0.1, -0.05) is 23.9 Å². The number of para-hydroxylation sites is 1. The average Bonchev–Trinajstić information content (AvgIpc) is 2.42. The number of rotatable bonds is 4. The van der Waals surface area contributed by atoms with Crippen LogP contribution in [-0.2, 0) is 14.3 Å². The summed E-state index contributed by atoms with van der Waals surface area (Å²) in [6, 6.07) is 6.17. The number of hydrogen-bond acceptors (Lipinski definition) is 6. The van der Waals surface area contributed by atoms with Gasteiger partial charge in [0.05, 0.1) is 14.7 Å². The van der Waals surface area contributed by atoms with Gasteiger partial charge in [-0.3, -0.25) is 19.7 Å². The minimum Gasteiger partial charge on any atom is -0.430 e. The van der Waals surface area contributed by atoms with E-state index in [2.05, 4.69) is 0 Å². The van der Waals surface area contributed by atoms with Gasteiger partial charge in [0.25, 0.3) is 5.69 Å². The lowest BCUT2D eigenvalue weighted by molar-refractivity contribution is -0.387. The number of Topliss-reactive ketones (excluding diaryl/α,β-unsaturated/α-hetero) is 1. The number of ketones is 1. The number of allylic oxidation sites excluding steroid dienone is 2. The van der Waals surface area contributed by atoms with E-state index in [0.29, 0.717) is 29.9 Å². The molecular weight excluding hydrogens is 294 g/mol. The summed E-state index contributed by atoms with van der Waals surface area (Å²) in [6.07, 6.45) is 1.45. The van der Waals surface area contributed by atoms with Crippen molar-refractivity contribution < 1.29 is 19.2 Å². The molecule has 2 rings (SSSR count). The minimum atomic E-state index is -0.500. The molecule has 0 bridgehead atoms. The van der Waals surface area contributed by atoms with Gasteiger partial charge >= 0.3 is 5.97 Å². The number of nitro groups is 1. The standard InChI is InChI=1S/C14H13NO5S/c1-9(16)20-12-7-4-6-11(17)14(12)21-13-8-3-2-5-10(13)15(18)19/h2-3,5,8H,4,6-7H2,1H3. The third kappa shape index (κ3) is 3.69. The van der Waals surface area contributed by atoms with Crippen LogP contribution in [0.3, 0.4) is 0 Å². The number of nitrogens with zero attached hydrogens (tertiary/aromatic N) is 1. The van der Waals surface area contributed by atoms with Crippen molar-refractivity contribution in [2.45, 2.75) is 31.1 Å². The second-order valence-corrected chi connectivity index (χ2v) is 5.50. The molecule has 110 valence electrons. The van der Waals surface area contributed by atoms with E-state index in [-0.39, 0.29) is 16.4 Å². The first-order valence-electron chi connectivity index (χ1n) is 6.35. The van der Waals surface area contributed by atoms with Crippen molar-refractivity contribution in [1.82, 2.24) is 0 Å². The summed E-state index contributed by atoms with van der Waals surface area (Å²) in [4.78, 5) is 34.3. The molecule has 0 N–H and O–H groups in total. The number of carbonyl (C=O) groups is 2. The van der Waals surface area contributed by atoms with Crippen LogP contribution in [0.1, 0.15) is 26.2 Å². The fraction of sp³-hybridized carbons (Fsp3) is 0.286.